The van der Waals surface area contributed by atoms with Gasteiger partial charge < -0.3 is 19.1 Å². The van der Waals surface area contributed by atoms with Crippen LogP contribution in [-0.2, 0) is 31.9 Å². The minimum absolute atomic E-state index is 0. The number of hydrogen-bond acceptors (Lipinski definition) is 4. The Morgan fingerprint density at radius 2 is 1.30 bits per heavy atom. The minimum atomic E-state index is -0.0138. The van der Waals surface area contributed by atoms with Gasteiger partial charge in [-0.3, -0.25) is 0 Å². The molecule has 0 aliphatic carbocycles. The summed E-state index contributed by atoms with van der Waals surface area (Å²) in [6.07, 6.45) is 1.91. The number of benzene rings is 5. The van der Waals surface area contributed by atoms with Crippen LogP contribution in [0, 0.1) is 18.8 Å². The summed E-state index contributed by atoms with van der Waals surface area (Å²) in [4.78, 5) is 9.22. The third-order valence-electron chi connectivity index (χ3n) is 9.25. The van der Waals surface area contributed by atoms with Crippen molar-refractivity contribution in [3.63, 3.8) is 0 Å². The van der Waals surface area contributed by atoms with E-state index >= 15 is 0 Å². The van der Waals surface area contributed by atoms with Gasteiger partial charge in [0.05, 0.1) is 0 Å². The topological polar surface area (TPSA) is 33.5 Å². The van der Waals surface area contributed by atoms with Gasteiger partial charge in [-0.1, -0.05) is 89.5 Å². The number of para-hydroxylation sites is 3. The van der Waals surface area contributed by atoms with E-state index in [1.54, 1.807) is 0 Å². The number of aromatic nitrogens is 2. The molecule has 50 heavy (non-hydrogen) atoms. The van der Waals surface area contributed by atoms with Crippen LogP contribution in [0.5, 0.6) is 11.5 Å². The molecule has 254 valence electrons. The van der Waals surface area contributed by atoms with Crippen molar-refractivity contribution < 1.29 is 25.8 Å². The molecule has 1 aliphatic heterocycles. The van der Waals surface area contributed by atoms with Crippen LogP contribution >= 0.6 is 0 Å². The second kappa shape index (κ2) is 12.8. The molecule has 5 aromatic carbocycles. The molecule has 0 N–H and O–H groups in total. The Balaban J connectivity index is 0.00000392. The molecule has 0 spiro atoms. The smallest absolute Gasteiger partial charge is 0.135 e. The van der Waals surface area contributed by atoms with Crippen LogP contribution in [0.4, 0.5) is 22.7 Å². The Morgan fingerprint density at radius 3 is 2.04 bits per heavy atom. The second-order valence-electron chi connectivity index (χ2n) is 14.7. The van der Waals surface area contributed by atoms with Crippen LogP contribution in [-0.4, -0.2) is 9.55 Å². The van der Waals surface area contributed by atoms with Gasteiger partial charge in [0.1, 0.15) is 5.82 Å². The van der Waals surface area contributed by atoms with Crippen LogP contribution in [0.25, 0.3) is 27.6 Å². The van der Waals surface area contributed by atoms with Crippen molar-refractivity contribution in [2.45, 2.75) is 52.4 Å². The van der Waals surface area contributed by atoms with Gasteiger partial charge in [0.25, 0.3) is 0 Å². The fourth-order valence-electron chi connectivity index (χ4n) is 6.55. The zero-order valence-electron chi connectivity index (χ0n) is 29.1. The van der Waals surface area contributed by atoms with Crippen LogP contribution in [0.3, 0.4) is 0 Å². The van der Waals surface area contributed by atoms with E-state index in [0.717, 1.165) is 45.0 Å². The standard InChI is InChI=1S/C44H39N4O.Pt/c1-43(2,3)30-19-22-38-37(25-30)36-21-20-35(28-41(36)48(38)42-26-31(23-24-45-42)44(4,5)6)49-34-16-12-15-33(27-34)47-29-46(32-13-8-7-9-14-32)39-17-10-11-18-40(39)47;/h7-26,29H,1-6H3;/q-3;. The first-order valence-electron chi connectivity index (χ1n) is 16.8. The number of ether oxygens (including phenoxy) is 1. The fraction of sp³-hybridized carbons (Fsp3) is 0.182. The minimum Gasteiger partial charge on any atom is -0.509 e. The quantitative estimate of drug-likeness (QED) is 0.162. The summed E-state index contributed by atoms with van der Waals surface area (Å²) in [5.41, 5.74) is 8.71. The fourth-order valence-corrected chi connectivity index (χ4v) is 6.55. The molecule has 0 saturated heterocycles. The van der Waals surface area contributed by atoms with Crippen molar-refractivity contribution in [1.82, 2.24) is 9.55 Å². The average molecular weight is 835 g/mol. The van der Waals surface area contributed by atoms with E-state index in [1.807, 2.05) is 30.5 Å². The Kier molecular flexibility index (Phi) is 8.60. The predicted octanol–water partition coefficient (Wildman–Crippen LogP) is 11.6. The normalized spacial score (nSPS) is 13.1. The van der Waals surface area contributed by atoms with Gasteiger partial charge in [-0.25, -0.2) is 4.98 Å². The third-order valence-corrected chi connectivity index (χ3v) is 9.25. The Bertz CT molecular complexity index is 2330. The molecular weight excluding hydrogens is 796 g/mol. The van der Waals surface area contributed by atoms with Crippen molar-refractivity contribution in [2.75, 3.05) is 9.80 Å². The molecule has 0 amide bonds. The maximum Gasteiger partial charge on any atom is 0.135 e. The molecular formula is C44H39N4OPt-3. The summed E-state index contributed by atoms with van der Waals surface area (Å²) in [6.45, 7) is 15.6. The number of hydrogen-bond donors (Lipinski definition) is 0. The van der Waals surface area contributed by atoms with Crippen molar-refractivity contribution in [2.24, 2.45) is 0 Å². The molecule has 0 atom stereocenters. The monoisotopic (exact) mass is 834 g/mol. The van der Waals surface area contributed by atoms with Crippen LogP contribution in [0.1, 0.15) is 52.7 Å². The number of nitrogens with zero attached hydrogens (tertiary/aromatic N) is 4. The molecule has 0 bridgehead atoms. The average Bonchev–Trinajstić information content (AvgIpc) is 3.64. The molecule has 0 unspecified atom stereocenters. The van der Waals surface area contributed by atoms with E-state index in [1.165, 1.54) is 16.5 Å². The maximum atomic E-state index is 6.53. The van der Waals surface area contributed by atoms with Gasteiger partial charge in [0.15, 0.2) is 0 Å². The van der Waals surface area contributed by atoms with Crippen molar-refractivity contribution >= 4 is 44.6 Å². The van der Waals surface area contributed by atoms with Crippen LogP contribution in [0.2, 0.25) is 0 Å². The van der Waals surface area contributed by atoms with Gasteiger partial charge in [0, 0.05) is 61.3 Å². The summed E-state index contributed by atoms with van der Waals surface area (Å²) in [6, 6.07) is 47.2. The van der Waals surface area contributed by atoms with Crippen LogP contribution < -0.4 is 14.5 Å². The number of anilines is 4. The van der Waals surface area contributed by atoms with E-state index < -0.39 is 0 Å². The third kappa shape index (κ3) is 6.09. The van der Waals surface area contributed by atoms with Gasteiger partial charge >= 0.3 is 0 Å². The van der Waals surface area contributed by atoms with Crippen molar-refractivity contribution in [3.8, 4) is 17.3 Å². The van der Waals surface area contributed by atoms with E-state index in [-0.39, 0.29) is 31.9 Å². The molecule has 8 rings (SSSR count). The molecule has 5 nitrogen and oxygen atoms in total. The molecule has 6 heteroatoms. The molecule has 0 radical (unpaired) electrons. The zero-order valence-corrected chi connectivity index (χ0v) is 31.4. The largest absolute Gasteiger partial charge is 0.509 e. The molecule has 1 aliphatic rings. The van der Waals surface area contributed by atoms with Gasteiger partial charge in [-0.2, -0.15) is 12.1 Å². The van der Waals surface area contributed by atoms with Crippen LogP contribution in [0.15, 0.2) is 121 Å². The second-order valence-corrected chi connectivity index (χ2v) is 14.7. The molecule has 2 aromatic heterocycles. The van der Waals surface area contributed by atoms with Gasteiger partial charge in [-0.15, -0.1) is 48.1 Å². The first kappa shape index (κ1) is 33.6. The van der Waals surface area contributed by atoms with Gasteiger partial charge in [-0.05, 0) is 69.8 Å². The summed E-state index contributed by atoms with van der Waals surface area (Å²) < 4.78 is 8.75. The Hall–Kier alpha value is -4.86. The van der Waals surface area contributed by atoms with Gasteiger partial charge in [0.2, 0.25) is 0 Å². The summed E-state index contributed by atoms with van der Waals surface area (Å²) in [5.74, 6) is 2.09. The number of rotatable bonds is 5. The first-order chi connectivity index (χ1) is 23.5. The summed E-state index contributed by atoms with van der Waals surface area (Å²) in [5, 5.41) is 2.28. The summed E-state index contributed by atoms with van der Waals surface area (Å²) >= 11 is 0. The number of fused-ring (bicyclic) bond motifs is 4. The first-order valence-corrected chi connectivity index (χ1v) is 16.8. The zero-order chi connectivity index (χ0) is 33.9. The van der Waals surface area contributed by atoms with Crippen molar-refractivity contribution in [1.29, 1.82) is 0 Å². The Labute approximate surface area is 309 Å². The molecule has 7 aromatic rings. The summed E-state index contributed by atoms with van der Waals surface area (Å²) in [7, 11) is 0. The SMILES string of the molecule is CC(C)(C)c1ccnc(-n2c3[c-]c(Oc4[c-]c(N5[CH-]N(c6ccccc6)c6ccccc65)ccc4)ccc3c3cc(C(C)(C)C)ccc32)c1.[Pt]. The molecule has 0 fully saturated rings. The van der Waals surface area contributed by atoms with Crippen molar-refractivity contribution in [3.05, 3.63) is 151 Å². The molecule has 3 heterocycles. The van der Waals surface area contributed by atoms with E-state index in [2.05, 4.69) is 166 Å². The Morgan fingerprint density at radius 1 is 0.620 bits per heavy atom. The van der Waals surface area contributed by atoms with E-state index in [4.69, 9.17) is 9.72 Å². The predicted molar refractivity (Wildman–Crippen MR) is 202 cm³/mol. The maximum absolute atomic E-state index is 6.53. The molecule has 0 saturated carbocycles. The number of pyridine rings is 1. The van der Waals surface area contributed by atoms with E-state index in [9.17, 15) is 0 Å². The van der Waals surface area contributed by atoms with E-state index in [0.29, 0.717) is 11.5 Å².